The molecule has 1 fully saturated rings. The highest BCUT2D eigenvalue weighted by Gasteiger charge is 2.33. The Morgan fingerprint density at radius 1 is 1.10 bits per heavy atom. The molecule has 1 N–H and O–H groups in total. The van der Waals surface area contributed by atoms with Gasteiger partial charge in [0.15, 0.2) is 11.5 Å². The van der Waals surface area contributed by atoms with Gasteiger partial charge in [-0.1, -0.05) is 0 Å². The van der Waals surface area contributed by atoms with Crippen molar-refractivity contribution in [3.63, 3.8) is 0 Å². The van der Waals surface area contributed by atoms with Crippen LogP contribution < -0.4 is 14.8 Å². The largest absolute Gasteiger partial charge is 0.493 e. The third kappa shape index (κ3) is 4.23. The maximum Gasteiger partial charge on any atom is 0.322 e. The maximum absolute atomic E-state index is 13.2. The summed E-state index contributed by atoms with van der Waals surface area (Å²) in [5.41, 5.74) is 2.28. The Kier molecular flexibility index (Phi) is 6.13. The molecule has 30 heavy (non-hydrogen) atoms. The quantitative estimate of drug-likeness (QED) is 0.806. The van der Waals surface area contributed by atoms with E-state index in [9.17, 15) is 9.59 Å². The highest BCUT2D eigenvalue weighted by atomic mass is 32.1. The van der Waals surface area contributed by atoms with E-state index in [1.54, 1.807) is 19.1 Å². The Balaban J connectivity index is 1.41. The number of hydrogen-bond donors (Lipinski definition) is 1. The number of nitrogens with zero attached hydrogens (tertiary/aromatic N) is 2. The number of carbonyl (C=O) groups is 2. The molecule has 160 valence electrons. The van der Waals surface area contributed by atoms with E-state index in [1.165, 1.54) is 16.9 Å². The zero-order valence-electron chi connectivity index (χ0n) is 17.3. The second-order valence-electron chi connectivity index (χ2n) is 7.68. The first kappa shape index (κ1) is 20.5. The average molecular weight is 430 g/mol. The highest BCUT2D eigenvalue weighted by molar-refractivity contribution is 7.14. The molecule has 1 unspecified atom stereocenters. The van der Waals surface area contributed by atoms with Gasteiger partial charge in [-0.25, -0.2) is 4.79 Å². The molecule has 1 aromatic carbocycles. The molecule has 3 amide bonds. The third-order valence-corrected chi connectivity index (χ3v) is 6.62. The minimum absolute atomic E-state index is 0.129. The molecule has 0 radical (unpaired) electrons. The molecule has 4 rings (SSSR count). The number of anilines is 1. The van der Waals surface area contributed by atoms with Crippen molar-refractivity contribution in [2.75, 3.05) is 39.2 Å². The first-order valence-corrected chi connectivity index (χ1v) is 11.1. The van der Waals surface area contributed by atoms with E-state index in [0.29, 0.717) is 31.9 Å². The maximum atomic E-state index is 13.2. The van der Waals surface area contributed by atoms with E-state index in [1.807, 2.05) is 34.5 Å². The standard InChI is InChI=1S/C22H27N3O4S/c1-28-18-11-15-7-9-24(14-17(15)12-19(18)29-2)21(26)16-5-3-8-25(13-16)22(27)23-20-6-4-10-30-20/h4,6,10-12,16H,3,5,7-9,13-14H2,1-2H3,(H,23,27). The highest BCUT2D eigenvalue weighted by Crippen LogP contribution is 2.34. The summed E-state index contributed by atoms with van der Waals surface area (Å²) >= 11 is 1.49. The number of thiophene rings is 1. The van der Waals surface area contributed by atoms with Crippen LogP contribution in [0.4, 0.5) is 9.80 Å². The summed E-state index contributed by atoms with van der Waals surface area (Å²) in [6.07, 6.45) is 2.44. The van der Waals surface area contributed by atoms with Crippen molar-refractivity contribution >= 4 is 28.3 Å². The number of urea groups is 1. The van der Waals surface area contributed by atoms with Gasteiger partial charge < -0.3 is 19.3 Å². The number of nitrogens with one attached hydrogen (secondary N) is 1. The van der Waals surface area contributed by atoms with Crippen LogP contribution >= 0.6 is 11.3 Å². The minimum atomic E-state index is -0.158. The van der Waals surface area contributed by atoms with Crippen molar-refractivity contribution in [3.05, 3.63) is 40.8 Å². The molecular formula is C22H27N3O4S. The number of fused-ring (bicyclic) bond motifs is 1. The van der Waals surface area contributed by atoms with Crippen LogP contribution in [0.1, 0.15) is 24.0 Å². The Hall–Kier alpha value is -2.74. The van der Waals surface area contributed by atoms with Gasteiger partial charge in [0.05, 0.1) is 25.1 Å². The van der Waals surface area contributed by atoms with E-state index in [4.69, 9.17) is 9.47 Å². The summed E-state index contributed by atoms with van der Waals surface area (Å²) in [4.78, 5) is 29.5. The molecule has 0 aliphatic carbocycles. The lowest BCUT2D eigenvalue weighted by molar-refractivity contribution is -0.137. The Bertz CT molecular complexity index is 915. The molecule has 3 heterocycles. The predicted molar refractivity (Wildman–Crippen MR) is 116 cm³/mol. The number of ether oxygens (including phenoxy) is 2. The molecule has 2 aromatic rings. The molecule has 1 aromatic heterocycles. The average Bonchev–Trinajstić information content (AvgIpc) is 3.30. The summed E-state index contributed by atoms with van der Waals surface area (Å²) in [6, 6.07) is 7.63. The van der Waals surface area contributed by atoms with Crippen molar-refractivity contribution in [2.24, 2.45) is 5.92 Å². The SMILES string of the molecule is COc1cc2c(cc1OC)CN(C(=O)C1CCCN(C(=O)Nc3cccs3)C1)CC2. The van der Waals surface area contributed by atoms with E-state index < -0.39 is 0 Å². The number of amides is 3. The van der Waals surface area contributed by atoms with Gasteiger partial charge >= 0.3 is 6.03 Å². The zero-order valence-corrected chi connectivity index (χ0v) is 18.2. The van der Waals surface area contributed by atoms with E-state index in [0.717, 1.165) is 35.6 Å². The van der Waals surface area contributed by atoms with Crippen molar-refractivity contribution in [3.8, 4) is 11.5 Å². The molecule has 8 heteroatoms. The molecule has 1 saturated heterocycles. The smallest absolute Gasteiger partial charge is 0.322 e. The number of methoxy groups -OCH3 is 2. The van der Waals surface area contributed by atoms with Crippen LogP contribution in [0.15, 0.2) is 29.6 Å². The number of likely N-dealkylation sites (tertiary alicyclic amines) is 1. The molecule has 2 aliphatic rings. The number of carbonyl (C=O) groups excluding carboxylic acids is 2. The van der Waals surface area contributed by atoms with Gasteiger partial charge in [-0.3, -0.25) is 10.1 Å². The fourth-order valence-corrected chi connectivity index (χ4v) is 4.83. The van der Waals surface area contributed by atoms with Crippen LogP contribution in [0.25, 0.3) is 0 Å². The summed E-state index contributed by atoms with van der Waals surface area (Å²) in [5.74, 6) is 1.37. The predicted octanol–water partition coefficient (Wildman–Crippen LogP) is 3.59. The van der Waals surface area contributed by atoms with Gasteiger partial charge in [0.25, 0.3) is 0 Å². The second-order valence-corrected chi connectivity index (χ2v) is 8.63. The van der Waals surface area contributed by atoms with E-state index in [-0.39, 0.29) is 17.9 Å². The molecule has 0 spiro atoms. The summed E-state index contributed by atoms with van der Waals surface area (Å²) < 4.78 is 10.8. The first-order chi connectivity index (χ1) is 14.6. The van der Waals surface area contributed by atoms with Crippen molar-refractivity contribution in [1.29, 1.82) is 0 Å². The van der Waals surface area contributed by atoms with Gasteiger partial charge in [0.1, 0.15) is 0 Å². The molecule has 1 atom stereocenters. The van der Waals surface area contributed by atoms with Crippen LogP contribution in [0.2, 0.25) is 0 Å². The Morgan fingerprint density at radius 2 is 1.87 bits per heavy atom. The summed E-state index contributed by atoms with van der Waals surface area (Å²) in [7, 11) is 3.25. The fraction of sp³-hybridized carbons (Fsp3) is 0.455. The van der Waals surface area contributed by atoms with E-state index in [2.05, 4.69) is 5.32 Å². The molecular weight excluding hydrogens is 402 g/mol. The van der Waals surface area contributed by atoms with Crippen molar-refractivity contribution in [1.82, 2.24) is 9.80 Å². The lowest BCUT2D eigenvalue weighted by atomic mass is 9.93. The second kappa shape index (κ2) is 8.95. The molecule has 0 saturated carbocycles. The van der Waals surface area contributed by atoms with Gasteiger partial charge in [-0.05, 0) is 60.0 Å². The third-order valence-electron chi connectivity index (χ3n) is 5.84. The van der Waals surface area contributed by atoms with Crippen LogP contribution in [0.3, 0.4) is 0 Å². The van der Waals surface area contributed by atoms with Gasteiger partial charge in [0.2, 0.25) is 5.91 Å². The van der Waals surface area contributed by atoms with Crippen LogP contribution in [-0.2, 0) is 17.8 Å². The lowest BCUT2D eigenvalue weighted by Crippen LogP contribution is -2.48. The topological polar surface area (TPSA) is 71.1 Å². The Labute approximate surface area is 180 Å². The minimum Gasteiger partial charge on any atom is -0.493 e. The number of hydrogen-bond acceptors (Lipinski definition) is 5. The lowest BCUT2D eigenvalue weighted by Gasteiger charge is -2.36. The number of rotatable bonds is 4. The molecule has 0 bridgehead atoms. The van der Waals surface area contributed by atoms with Crippen LogP contribution in [0, 0.1) is 5.92 Å². The summed E-state index contributed by atoms with van der Waals surface area (Å²) in [6.45, 7) is 2.39. The van der Waals surface area contributed by atoms with E-state index >= 15 is 0 Å². The molecule has 2 aliphatic heterocycles. The Morgan fingerprint density at radius 3 is 2.57 bits per heavy atom. The zero-order chi connectivity index (χ0) is 21.1. The monoisotopic (exact) mass is 429 g/mol. The fourth-order valence-electron chi connectivity index (χ4n) is 4.23. The summed E-state index contributed by atoms with van der Waals surface area (Å²) in [5, 5.41) is 5.67. The van der Waals surface area contributed by atoms with Crippen LogP contribution in [0.5, 0.6) is 11.5 Å². The normalized spacial score (nSPS) is 18.5. The number of benzene rings is 1. The first-order valence-electron chi connectivity index (χ1n) is 10.2. The van der Waals surface area contributed by atoms with Gasteiger partial charge in [-0.2, -0.15) is 0 Å². The van der Waals surface area contributed by atoms with Gasteiger partial charge in [0, 0.05) is 26.2 Å². The molecule has 7 nitrogen and oxygen atoms in total. The van der Waals surface area contributed by atoms with Crippen LogP contribution in [-0.4, -0.2) is 55.6 Å². The number of piperidine rings is 1. The van der Waals surface area contributed by atoms with Gasteiger partial charge in [-0.15, -0.1) is 11.3 Å². The van der Waals surface area contributed by atoms with Crippen molar-refractivity contribution < 1.29 is 19.1 Å². The van der Waals surface area contributed by atoms with Crippen molar-refractivity contribution in [2.45, 2.75) is 25.8 Å².